The van der Waals surface area contributed by atoms with Crippen LogP contribution < -0.4 is 9.64 Å². The van der Waals surface area contributed by atoms with E-state index in [0.717, 1.165) is 10.0 Å². The summed E-state index contributed by atoms with van der Waals surface area (Å²) in [5.74, 6) is 2.89. The minimum absolute atomic E-state index is 0.175. The normalized spacial score (nSPS) is 15.8. The minimum Gasteiger partial charge on any atom is -0.480 e. The molecule has 1 amide bonds. The topological polar surface area (TPSA) is 41.9 Å². The number of benzene rings is 3. The lowest BCUT2D eigenvalue weighted by Crippen LogP contribution is -2.28. The lowest BCUT2D eigenvalue weighted by Gasteiger charge is -2.15. The van der Waals surface area contributed by atoms with Gasteiger partial charge in [-0.3, -0.25) is 9.69 Å². The number of hydrogen-bond donors (Lipinski definition) is 0. The summed E-state index contributed by atoms with van der Waals surface area (Å²) < 4.78 is 6.23. The predicted octanol–water partition coefficient (Wildman–Crippen LogP) is 7.58. The van der Waals surface area contributed by atoms with E-state index in [1.54, 1.807) is 59.5 Å². The first-order valence-electron chi connectivity index (χ1n) is 9.64. The van der Waals surface area contributed by atoms with E-state index in [1.165, 1.54) is 11.8 Å². The van der Waals surface area contributed by atoms with E-state index >= 15 is 0 Å². The molecule has 8 heteroatoms. The van der Waals surface area contributed by atoms with Gasteiger partial charge in [0.2, 0.25) is 0 Å². The standard InChI is InChI=1S/C25H15BrCl2N2O2S/c1-2-13-32-22-12-3-16(14-21(22)26)15-23-24(31)30(20-10-6-18(28)7-11-20)25(33-23)29-19-8-4-17(27)5-9-19/h1,3-12,14-15H,13H2/b23-15-,29-25?. The van der Waals surface area contributed by atoms with Crippen molar-refractivity contribution in [2.75, 3.05) is 11.5 Å². The Kier molecular flexibility index (Phi) is 7.46. The molecule has 3 aromatic carbocycles. The Morgan fingerprint density at radius 3 is 2.36 bits per heavy atom. The van der Waals surface area contributed by atoms with Crippen LogP contribution in [0.3, 0.4) is 0 Å². The molecule has 0 spiro atoms. The van der Waals surface area contributed by atoms with Gasteiger partial charge >= 0.3 is 0 Å². The minimum atomic E-state index is -0.182. The number of ether oxygens (including phenoxy) is 1. The number of rotatable bonds is 5. The van der Waals surface area contributed by atoms with Crippen LogP contribution in [0.5, 0.6) is 5.75 Å². The van der Waals surface area contributed by atoms with Crippen molar-refractivity contribution in [2.24, 2.45) is 4.99 Å². The van der Waals surface area contributed by atoms with Gasteiger partial charge in [-0.1, -0.05) is 35.2 Å². The molecule has 0 radical (unpaired) electrons. The van der Waals surface area contributed by atoms with Gasteiger partial charge in [0.15, 0.2) is 5.17 Å². The Labute approximate surface area is 214 Å². The highest BCUT2D eigenvalue weighted by atomic mass is 79.9. The summed E-state index contributed by atoms with van der Waals surface area (Å²) >= 11 is 16.8. The maximum Gasteiger partial charge on any atom is 0.271 e. The summed E-state index contributed by atoms with van der Waals surface area (Å²) in [5, 5.41) is 1.73. The zero-order chi connectivity index (χ0) is 23.4. The zero-order valence-corrected chi connectivity index (χ0v) is 20.9. The summed E-state index contributed by atoms with van der Waals surface area (Å²) in [6, 6.07) is 19.7. The van der Waals surface area contributed by atoms with Crippen LogP contribution in [0.4, 0.5) is 11.4 Å². The first-order valence-corrected chi connectivity index (χ1v) is 12.0. The molecule has 4 rings (SSSR count). The number of amidine groups is 1. The lowest BCUT2D eigenvalue weighted by atomic mass is 10.2. The number of amides is 1. The third-order valence-electron chi connectivity index (χ3n) is 4.51. The van der Waals surface area contributed by atoms with E-state index in [9.17, 15) is 4.79 Å². The second-order valence-electron chi connectivity index (χ2n) is 6.78. The SMILES string of the molecule is C#CCOc1ccc(/C=C2\SC(=Nc3ccc(Cl)cc3)N(c3ccc(Cl)cc3)C2=O)cc1Br. The number of hydrogen-bond acceptors (Lipinski definition) is 4. The van der Waals surface area contributed by atoms with Crippen molar-refractivity contribution in [2.45, 2.75) is 0 Å². The number of carbonyl (C=O) groups excluding carboxylic acids is 1. The zero-order valence-electron chi connectivity index (χ0n) is 17.0. The molecule has 0 atom stereocenters. The second-order valence-corrected chi connectivity index (χ2v) is 9.52. The second kappa shape index (κ2) is 10.5. The van der Waals surface area contributed by atoms with E-state index in [2.05, 4.69) is 21.9 Å². The van der Waals surface area contributed by atoms with Crippen LogP contribution in [0.2, 0.25) is 10.0 Å². The van der Waals surface area contributed by atoms with Gasteiger partial charge in [-0.2, -0.15) is 0 Å². The van der Waals surface area contributed by atoms with Gasteiger partial charge in [0.05, 0.1) is 20.8 Å². The lowest BCUT2D eigenvalue weighted by molar-refractivity contribution is -0.113. The largest absolute Gasteiger partial charge is 0.480 e. The van der Waals surface area contributed by atoms with Crippen molar-refractivity contribution >= 4 is 79.4 Å². The summed E-state index contributed by atoms with van der Waals surface area (Å²) in [6.07, 6.45) is 7.07. The molecule has 1 fully saturated rings. The number of nitrogens with zero attached hydrogens (tertiary/aromatic N) is 2. The Bertz CT molecular complexity index is 1300. The molecule has 0 unspecified atom stereocenters. The maximum atomic E-state index is 13.4. The van der Waals surface area contributed by atoms with Crippen molar-refractivity contribution in [3.63, 3.8) is 0 Å². The van der Waals surface area contributed by atoms with Crippen LogP contribution in [0.1, 0.15) is 5.56 Å². The summed E-state index contributed by atoms with van der Waals surface area (Å²) in [7, 11) is 0. The van der Waals surface area contributed by atoms with Crippen molar-refractivity contribution in [3.8, 4) is 18.1 Å². The quantitative estimate of drug-likeness (QED) is 0.240. The average molecular weight is 558 g/mol. The van der Waals surface area contributed by atoms with Gasteiger partial charge in [-0.05, 0) is 100.0 Å². The molecule has 1 saturated heterocycles. The Balaban J connectivity index is 1.71. The Hall–Kier alpha value is -2.69. The molecule has 164 valence electrons. The van der Waals surface area contributed by atoms with Crippen LogP contribution in [-0.2, 0) is 4.79 Å². The van der Waals surface area contributed by atoms with Gasteiger partial charge < -0.3 is 4.74 Å². The Morgan fingerprint density at radius 1 is 1.06 bits per heavy atom. The number of thioether (sulfide) groups is 1. The molecule has 0 saturated carbocycles. The fraction of sp³-hybridized carbons (Fsp3) is 0.0400. The smallest absolute Gasteiger partial charge is 0.271 e. The Morgan fingerprint density at radius 2 is 1.73 bits per heavy atom. The number of halogens is 3. The molecular formula is C25H15BrCl2N2O2S. The monoisotopic (exact) mass is 556 g/mol. The number of terminal acetylenes is 1. The predicted molar refractivity (Wildman–Crippen MR) is 142 cm³/mol. The third-order valence-corrected chi connectivity index (χ3v) is 6.60. The van der Waals surface area contributed by atoms with Crippen LogP contribution >= 0.6 is 50.9 Å². The highest BCUT2D eigenvalue weighted by molar-refractivity contribution is 9.10. The van der Waals surface area contributed by atoms with E-state index in [0.29, 0.717) is 37.2 Å². The molecule has 0 aliphatic carbocycles. The fourth-order valence-electron chi connectivity index (χ4n) is 2.99. The van der Waals surface area contributed by atoms with Gasteiger partial charge in [-0.15, -0.1) is 6.42 Å². The molecule has 3 aromatic rings. The van der Waals surface area contributed by atoms with Gasteiger partial charge in [-0.25, -0.2) is 4.99 Å². The van der Waals surface area contributed by atoms with Gasteiger partial charge in [0, 0.05) is 10.0 Å². The highest BCUT2D eigenvalue weighted by Gasteiger charge is 2.34. The molecule has 33 heavy (non-hydrogen) atoms. The summed E-state index contributed by atoms with van der Waals surface area (Å²) in [5.41, 5.74) is 2.19. The summed E-state index contributed by atoms with van der Waals surface area (Å²) in [4.78, 5) is 20.2. The van der Waals surface area contributed by atoms with Crippen LogP contribution in [-0.4, -0.2) is 17.7 Å². The van der Waals surface area contributed by atoms with Gasteiger partial charge in [0.1, 0.15) is 12.4 Å². The van der Waals surface area contributed by atoms with Crippen LogP contribution in [0.15, 0.2) is 81.1 Å². The molecule has 1 aliphatic heterocycles. The molecule has 1 heterocycles. The molecule has 1 aliphatic rings. The number of anilines is 1. The van der Waals surface area contributed by atoms with E-state index in [1.807, 2.05) is 18.2 Å². The van der Waals surface area contributed by atoms with Crippen LogP contribution in [0, 0.1) is 12.3 Å². The van der Waals surface area contributed by atoms with Crippen molar-refractivity contribution in [1.82, 2.24) is 0 Å². The molecule has 4 nitrogen and oxygen atoms in total. The molecule has 0 bridgehead atoms. The molecule has 0 aromatic heterocycles. The van der Waals surface area contributed by atoms with Crippen molar-refractivity contribution in [3.05, 3.63) is 91.7 Å². The highest BCUT2D eigenvalue weighted by Crippen LogP contribution is 2.38. The number of aliphatic imine (C=N–C) groups is 1. The maximum absolute atomic E-state index is 13.4. The first-order chi connectivity index (χ1) is 15.9. The van der Waals surface area contributed by atoms with E-state index < -0.39 is 0 Å². The summed E-state index contributed by atoms with van der Waals surface area (Å²) in [6.45, 7) is 0.175. The van der Waals surface area contributed by atoms with E-state index in [4.69, 9.17) is 39.4 Å². The molecule has 0 N–H and O–H groups in total. The molecular weight excluding hydrogens is 543 g/mol. The first kappa shape index (κ1) is 23.5. The van der Waals surface area contributed by atoms with Gasteiger partial charge in [0.25, 0.3) is 5.91 Å². The van der Waals surface area contributed by atoms with Crippen molar-refractivity contribution < 1.29 is 9.53 Å². The number of carbonyl (C=O) groups is 1. The van der Waals surface area contributed by atoms with E-state index in [-0.39, 0.29) is 12.5 Å². The third kappa shape index (κ3) is 5.63. The van der Waals surface area contributed by atoms with Crippen molar-refractivity contribution in [1.29, 1.82) is 0 Å². The fourth-order valence-corrected chi connectivity index (χ4v) is 4.75. The van der Waals surface area contributed by atoms with Crippen LogP contribution in [0.25, 0.3) is 6.08 Å². The average Bonchev–Trinajstić information content (AvgIpc) is 3.10.